The lowest BCUT2D eigenvalue weighted by Gasteiger charge is -2.18. The van der Waals surface area contributed by atoms with E-state index in [2.05, 4.69) is 15.3 Å². The molecule has 0 fully saturated rings. The first-order chi connectivity index (χ1) is 8.59. The van der Waals surface area contributed by atoms with Gasteiger partial charge in [-0.15, -0.1) is 0 Å². The van der Waals surface area contributed by atoms with E-state index in [1.54, 1.807) is 12.4 Å². The van der Waals surface area contributed by atoms with Crippen molar-refractivity contribution in [3.8, 4) is 0 Å². The van der Waals surface area contributed by atoms with Crippen molar-refractivity contribution in [3.05, 3.63) is 52.3 Å². The summed E-state index contributed by atoms with van der Waals surface area (Å²) in [6.45, 7) is 1.83. The van der Waals surface area contributed by atoms with Crippen LogP contribution in [0.3, 0.4) is 0 Å². The smallest absolute Gasteiger partial charge is 0.142 e. The highest BCUT2D eigenvalue weighted by molar-refractivity contribution is 6.36. The first kappa shape index (κ1) is 13.1. The first-order valence-electron chi connectivity index (χ1n) is 5.24. The van der Waals surface area contributed by atoms with Gasteiger partial charge in [-0.05, 0) is 19.1 Å². The predicted molar refractivity (Wildman–Crippen MR) is 70.5 cm³/mol. The second-order valence-corrected chi connectivity index (χ2v) is 4.54. The minimum atomic E-state index is -0.492. The summed E-state index contributed by atoms with van der Waals surface area (Å²) in [6, 6.07) is 2.47. The lowest BCUT2D eigenvalue weighted by Crippen LogP contribution is -2.09. The van der Waals surface area contributed by atoms with Gasteiger partial charge in [0.05, 0.1) is 29.1 Å². The molecule has 0 aliphatic rings. The summed E-state index contributed by atoms with van der Waals surface area (Å²) in [7, 11) is 0. The second-order valence-electron chi connectivity index (χ2n) is 3.75. The normalized spacial score (nSPS) is 12.2. The molecule has 2 aromatic rings. The molecule has 0 amide bonds. The van der Waals surface area contributed by atoms with E-state index >= 15 is 0 Å². The molecule has 0 radical (unpaired) electrons. The molecule has 1 atom stereocenters. The van der Waals surface area contributed by atoms with E-state index in [0.717, 1.165) is 0 Å². The standard InChI is InChI=1S/C12H10Cl2FN3/c1-7(18-8-4-16-6-17-5-8)11-9(13)2-3-10(15)12(11)14/h2-7,18H,1H3. The number of halogens is 3. The topological polar surface area (TPSA) is 37.8 Å². The number of anilines is 1. The van der Waals surface area contributed by atoms with Crippen LogP contribution < -0.4 is 5.32 Å². The molecule has 0 aliphatic heterocycles. The van der Waals surface area contributed by atoms with Crippen molar-refractivity contribution < 1.29 is 4.39 Å². The molecule has 0 bridgehead atoms. The zero-order valence-electron chi connectivity index (χ0n) is 9.49. The summed E-state index contributed by atoms with van der Waals surface area (Å²) >= 11 is 12.0. The summed E-state index contributed by atoms with van der Waals surface area (Å²) in [5.74, 6) is -0.492. The van der Waals surface area contributed by atoms with Crippen molar-refractivity contribution in [3.63, 3.8) is 0 Å². The van der Waals surface area contributed by atoms with E-state index in [-0.39, 0.29) is 11.1 Å². The van der Waals surface area contributed by atoms with E-state index in [1.807, 2.05) is 6.92 Å². The SMILES string of the molecule is CC(Nc1cncnc1)c1c(Cl)ccc(F)c1Cl. The average molecular weight is 286 g/mol. The van der Waals surface area contributed by atoms with Gasteiger partial charge >= 0.3 is 0 Å². The van der Waals surface area contributed by atoms with Gasteiger partial charge in [-0.2, -0.15) is 0 Å². The quantitative estimate of drug-likeness (QED) is 0.863. The minimum absolute atomic E-state index is 0.0272. The number of hydrogen-bond donors (Lipinski definition) is 1. The van der Waals surface area contributed by atoms with E-state index < -0.39 is 5.82 Å². The van der Waals surface area contributed by atoms with Gasteiger partial charge in [0.2, 0.25) is 0 Å². The van der Waals surface area contributed by atoms with E-state index in [9.17, 15) is 4.39 Å². The number of nitrogens with one attached hydrogen (secondary N) is 1. The molecule has 1 unspecified atom stereocenters. The number of aromatic nitrogens is 2. The molecule has 2 rings (SSSR count). The van der Waals surface area contributed by atoms with Gasteiger partial charge < -0.3 is 5.32 Å². The van der Waals surface area contributed by atoms with Crippen LogP contribution in [0.5, 0.6) is 0 Å². The van der Waals surface area contributed by atoms with Gasteiger partial charge in [0, 0.05) is 10.6 Å². The van der Waals surface area contributed by atoms with E-state index in [1.165, 1.54) is 18.5 Å². The second kappa shape index (κ2) is 5.50. The molecular formula is C12H10Cl2FN3. The Kier molecular flexibility index (Phi) is 3.99. The van der Waals surface area contributed by atoms with Gasteiger partial charge in [-0.1, -0.05) is 23.2 Å². The zero-order chi connectivity index (χ0) is 13.1. The molecule has 0 aliphatic carbocycles. The Hall–Kier alpha value is -1.39. The van der Waals surface area contributed by atoms with Gasteiger partial charge in [0.1, 0.15) is 12.1 Å². The summed E-state index contributed by atoms with van der Waals surface area (Å²) in [6.07, 6.45) is 4.66. The molecule has 6 heteroatoms. The van der Waals surface area contributed by atoms with Gasteiger partial charge in [0.15, 0.2) is 0 Å². The Balaban J connectivity index is 2.29. The molecular weight excluding hydrogens is 276 g/mol. The van der Waals surface area contributed by atoms with Crippen molar-refractivity contribution in [2.75, 3.05) is 5.32 Å². The Bertz CT molecular complexity index is 549. The molecule has 94 valence electrons. The molecule has 1 aromatic heterocycles. The van der Waals surface area contributed by atoms with Crippen LogP contribution in [0.1, 0.15) is 18.5 Å². The number of nitrogens with zero attached hydrogens (tertiary/aromatic N) is 2. The van der Waals surface area contributed by atoms with Crippen molar-refractivity contribution in [1.29, 1.82) is 0 Å². The number of hydrogen-bond acceptors (Lipinski definition) is 3. The van der Waals surface area contributed by atoms with Gasteiger partial charge in [-0.25, -0.2) is 14.4 Å². The lowest BCUT2D eigenvalue weighted by atomic mass is 10.1. The van der Waals surface area contributed by atoms with Gasteiger partial charge in [0.25, 0.3) is 0 Å². The highest BCUT2D eigenvalue weighted by Gasteiger charge is 2.17. The van der Waals surface area contributed by atoms with Crippen molar-refractivity contribution in [1.82, 2.24) is 9.97 Å². The van der Waals surface area contributed by atoms with Crippen LogP contribution in [-0.2, 0) is 0 Å². The fourth-order valence-corrected chi connectivity index (χ4v) is 2.33. The molecule has 0 spiro atoms. The Morgan fingerprint density at radius 1 is 1.22 bits per heavy atom. The van der Waals surface area contributed by atoms with Crippen molar-refractivity contribution in [2.45, 2.75) is 13.0 Å². The van der Waals surface area contributed by atoms with Crippen LogP contribution in [0.15, 0.2) is 30.9 Å². The third-order valence-corrected chi connectivity index (χ3v) is 3.17. The van der Waals surface area contributed by atoms with Gasteiger partial charge in [-0.3, -0.25) is 0 Å². The average Bonchev–Trinajstić information content (AvgIpc) is 2.36. The largest absolute Gasteiger partial charge is 0.376 e. The Morgan fingerprint density at radius 3 is 2.56 bits per heavy atom. The molecule has 1 heterocycles. The summed E-state index contributed by atoms with van der Waals surface area (Å²) in [5.41, 5.74) is 1.23. The monoisotopic (exact) mass is 285 g/mol. The van der Waals surface area contributed by atoms with Crippen molar-refractivity contribution >= 4 is 28.9 Å². The van der Waals surface area contributed by atoms with Crippen molar-refractivity contribution in [2.24, 2.45) is 0 Å². The Labute approximate surface area is 114 Å². The number of rotatable bonds is 3. The maximum Gasteiger partial charge on any atom is 0.142 e. The van der Waals surface area contributed by atoms with E-state index in [0.29, 0.717) is 16.3 Å². The summed E-state index contributed by atoms with van der Waals surface area (Å²) in [5, 5.41) is 3.55. The van der Waals surface area contributed by atoms with Crippen LogP contribution in [-0.4, -0.2) is 9.97 Å². The molecule has 18 heavy (non-hydrogen) atoms. The van der Waals surface area contributed by atoms with Crippen LogP contribution in [0.2, 0.25) is 10.0 Å². The molecule has 1 aromatic carbocycles. The highest BCUT2D eigenvalue weighted by atomic mass is 35.5. The molecule has 3 nitrogen and oxygen atoms in total. The third kappa shape index (κ3) is 2.71. The van der Waals surface area contributed by atoms with Crippen LogP contribution in [0.4, 0.5) is 10.1 Å². The van der Waals surface area contributed by atoms with Crippen LogP contribution in [0, 0.1) is 5.82 Å². The fraction of sp³-hybridized carbons (Fsp3) is 0.167. The lowest BCUT2D eigenvalue weighted by molar-refractivity contribution is 0.624. The minimum Gasteiger partial charge on any atom is -0.376 e. The molecule has 0 saturated carbocycles. The van der Waals surface area contributed by atoms with Crippen LogP contribution in [0.25, 0.3) is 0 Å². The zero-order valence-corrected chi connectivity index (χ0v) is 11.0. The summed E-state index contributed by atoms with van der Waals surface area (Å²) in [4.78, 5) is 7.76. The molecule has 1 N–H and O–H groups in total. The summed E-state index contributed by atoms with van der Waals surface area (Å²) < 4.78 is 13.4. The maximum atomic E-state index is 13.4. The van der Waals surface area contributed by atoms with E-state index in [4.69, 9.17) is 23.2 Å². The number of benzene rings is 1. The Morgan fingerprint density at radius 2 is 1.89 bits per heavy atom. The first-order valence-corrected chi connectivity index (χ1v) is 6.00. The fourth-order valence-electron chi connectivity index (χ4n) is 1.64. The third-order valence-electron chi connectivity index (χ3n) is 2.46. The predicted octanol–water partition coefficient (Wildman–Crippen LogP) is 4.10. The highest BCUT2D eigenvalue weighted by Crippen LogP contribution is 2.33. The maximum absolute atomic E-state index is 13.4. The van der Waals surface area contributed by atoms with Crippen LogP contribution >= 0.6 is 23.2 Å². The molecule has 0 saturated heterocycles.